The van der Waals surface area contributed by atoms with Gasteiger partial charge in [0.25, 0.3) is 0 Å². The van der Waals surface area contributed by atoms with Crippen LogP contribution < -0.4 is 21.7 Å². The number of aliphatic carboxylic acids is 1. The monoisotopic (exact) mass is 614 g/mol. The van der Waals surface area contributed by atoms with Gasteiger partial charge >= 0.3 is 5.97 Å². The van der Waals surface area contributed by atoms with E-state index in [0.717, 1.165) is 38.5 Å². The molecule has 0 unspecified atom stereocenters. The van der Waals surface area contributed by atoms with Crippen molar-refractivity contribution in [3.8, 4) is 0 Å². The molecule has 1 atom stereocenters. The van der Waals surface area contributed by atoms with Crippen LogP contribution in [-0.4, -0.2) is 80.3 Å². The summed E-state index contributed by atoms with van der Waals surface area (Å²) in [5, 5.41) is 16.7. The molecule has 12 heteroatoms. The third kappa shape index (κ3) is 30.5. The van der Waals surface area contributed by atoms with Gasteiger partial charge in [-0.15, -0.1) is 0 Å². The summed E-state index contributed by atoms with van der Waals surface area (Å²) in [6, 6.07) is -0.695. The Balaban J connectivity index is 3.38. The second-order valence-corrected chi connectivity index (χ2v) is 11.0. The van der Waals surface area contributed by atoms with Crippen LogP contribution in [0.25, 0.3) is 0 Å². The molecule has 43 heavy (non-hydrogen) atoms. The van der Waals surface area contributed by atoms with Crippen LogP contribution in [0.1, 0.15) is 122 Å². The Morgan fingerprint density at radius 2 is 1.14 bits per heavy atom. The van der Waals surface area contributed by atoms with E-state index in [9.17, 15) is 24.0 Å². The first-order valence-electron chi connectivity index (χ1n) is 16.2. The van der Waals surface area contributed by atoms with E-state index in [1.165, 1.54) is 51.9 Å². The maximum atomic E-state index is 11.9. The number of nitrogens with two attached hydrogens (primary N) is 1. The first kappa shape index (κ1) is 40.3. The van der Waals surface area contributed by atoms with Crippen LogP contribution in [0.15, 0.2) is 0 Å². The van der Waals surface area contributed by atoms with E-state index in [1.807, 2.05) is 0 Å². The van der Waals surface area contributed by atoms with Crippen LogP contribution in [-0.2, 0) is 33.4 Å². The molecule has 0 spiro atoms. The lowest BCUT2D eigenvalue weighted by molar-refractivity contribution is -0.137. The Labute approximate surface area is 258 Å². The summed E-state index contributed by atoms with van der Waals surface area (Å²) in [6.45, 7) is 3.12. The van der Waals surface area contributed by atoms with E-state index in [2.05, 4.69) is 16.0 Å². The molecule has 250 valence electrons. The first-order valence-corrected chi connectivity index (χ1v) is 16.2. The van der Waals surface area contributed by atoms with Gasteiger partial charge in [0.1, 0.15) is 12.6 Å². The van der Waals surface area contributed by atoms with Crippen LogP contribution >= 0.6 is 0 Å². The number of unbranched alkanes of at least 4 members (excludes halogenated alkanes) is 13. The summed E-state index contributed by atoms with van der Waals surface area (Å²) in [4.78, 5) is 56.5. The molecular weight excluding hydrogens is 556 g/mol. The fourth-order valence-corrected chi connectivity index (χ4v) is 4.53. The molecule has 0 aromatic carbocycles. The number of hydrogen-bond donors (Lipinski definition) is 5. The molecule has 0 aliphatic rings. The fourth-order valence-electron chi connectivity index (χ4n) is 4.53. The highest BCUT2D eigenvalue weighted by Gasteiger charge is 2.15. The molecule has 0 saturated carbocycles. The summed E-state index contributed by atoms with van der Waals surface area (Å²) >= 11 is 0. The predicted molar refractivity (Wildman–Crippen MR) is 165 cm³/mol. The molecule has 0 aromatic heterocycles. The second kappa shape index (κ2) is 29.3. The largest absolute Gasteiger partial charge is 0.481 e. The minimum Gasteiger partial charge on any atom is -0.481 e. The number of amides is 4. The maximum Gasteiger partial charge on any atom is 0.303 e. The van der Waals surface area contributed by atoms with Crippen LogP contribution in [0, 0.1) is 0 Å². The third-order valence-corrected chi connectivity index (χ3v) is 6.93. The highest BCUT2D eigenvalue weighted by atomic mass is 16.5. The standard InChI is InChI=1S/C31H58N4O8/c1-26(36)35-27(31(32)41)17-15-16-20-33-29(38)25-43-24-23-42-22-21-34-28(37)18-13-11-9-7-5-3-2-4-6-8-10-12-14-19-30(39)40/h27H,2-25H2,1H3,(H2,32,41)(H,33,38)(H,34,37)(H,35,36)(H,39,40)/t27-/m0/s1. The third-order valence-electron chi connectivity index (χ3n) is 6.93. The van der Waals surface area contributed by atoms with Gasteiger partial charge in [-0.1, -0.05) is 70.6 Å². The van der Waals surface area contributed by atoms with E-state index in [-0.39, 0.29) is 30.9 Å². The quantitative estimate of drug-likeness (QED) is 0.0736. The molecule has 0 heterocycles. The Kier molecular flexibility index (Phi) is 27.5. The van der Waals surface area contributed by atoms with Crippen LogP contribution in [0.4, 0.5) is 0 Å². The van der Waals surface area contributed by atoms with Gasteiger partial charge < -0.3 is 36.3 Å². The van der Waals surface area contributed by atoms with Crippen LogP contribution in [0.5, 0.6) is 0 Å². The lowest BCUT2D eigenvalue weighted by Gasteiger charge is -2.14. The molecule has 0 bridgehead atoms. The molecule has 0 fully saturated rings. The minimum atomic E-state index is -0.697. The summed E-state index contributed by atoms with van der Waals surface area (Å²) in [5.41, 5.74) is 5.25. The highest BCUT2D eigenvalue weighted by Crippen LogP contribution is 2.13. The number of carbonyl (C=O) groups is 5. The summed E-state index contributed by atoms with van der Waals surface area (Å²) in [7, 11) is 0. The number of carboxylic acid groups (broad SMARTS) is 1. The average Bonchev–Trinajstić information content (AvgIpc) is 2.95. The zero-order chi connectivity index (χ0) is 32.0. The normalized spacial score (nSPS) is 11.6. The van der Waals surface area contributed by atoms with Crippen molar-refractivity contribution in [2.24, 2.45) is 5.73 Å². The molecule has 6 N–H and O–H groups in total. The summed E-state index contributed by atoms with van der Waals surface area (Å²) in [5.74, 6) is -1.78. The van der Waals surface area contributed by atoms with Crippen molar-refractivity contribution < 1.29 is 38.6 Å². The number of nitrogens with one attached hydrogen (secondary N) is 3. The molecule has 12 nitrogen and oxygen atoms in total. The second-order valence-electron chi connectivity index (χ2n) is 11.0. The smallest absolute Gasteiger partial charge is 0.303 e. The SMILES string of the molecule is CC(=O)N[C@@H](CCCCNC(=O)COCCOCCNC(=O)CCCCCCCCCCCCCCCC(=O)O)C(N)=O. The highest BCUT2D eigenvalue weighted by molar-refractivity contribution is 5.85. The van der Waals surface area contributed by atoms with E-state index >= 15 is 0 Å². The van der Waals surface area contributed by atoms with Gasteiger partial charge in [0.15, 0.2) is 0 Å². The van der Waals surface area contributed by atoms with Crippen molar-refractivity contribution in [2.45, 2.75) is 129 Å². The molecule has 0 aliphatic heterocycles. The Bertz CT molecular complexity index is 766. The predicted octanol–water partition coefficient (Wildman–Crippen LogP) is 3.35. The molecular formula is C31H58N4O8. The van der Waals surface area contributed by atoms with Crippen molar-refractivity contribution >= 4 is 29.6 Å². The van der Waals surface area contributed by atoms with Crippen molar-refractivity contribution in [1.82, 2.24) is 16.0 Å². The number of hydrogen-bond acceptors (Lipinski definition) is 7. The molecule has 0 radical (unpaired) electrons. The summed E-state index contributed by atoms with van der Waals surface area (Å²) in [6.07, 6.45) is 17.3. The van der Waals surface area contributed by atoms with E-state index < -0.39 is 17.9 Å². The molecule has 0 rings (SSSR count). The average molecular weight is 615 g/mol. The number of ether oxygens (including phenoxy) is 2. The lowest BCUT2D eigenvalue weighted by Crippen LogP contribution is -2.43. The van der Waals surface area contributed by atoms with Gasteiger partial charge in [-0.05, 0) is 32.1 Å². The van der Waals surface area contributed by atoms with Crippen molar-refractivity contribution in [3.63, 3.8) is 0 Å². The number of carbonyl (C=O) groups excluding carboxylic acids is 4. The number of carboxylic acids is 1. The van der Waals surface area contributed by atoms with Crippen LogP contribution in [0.2, 0.25) is 0 Å². The minimum absolute atomic E-state index is 0.0414. The van der Waals surface area contributed by atoms with Gasteiger partial charge in [0, 0.05) is 32.9 Å². The maximum absolute atomic E-state index is 11.9. The van der Waals surface area contributed by atoms with Gasteiger partial charge in [-0.25, -0.2) is 0 Å². The molecule has 0 saturated heterocycles. The van der Waals surface area contributed by atoms with Gasteiger partial charge in [-0.3, -0.25) is 24.0 Å². The van der Waals surface area contributed by atoms with Crippen molar-refractivity contribution in [2.75, 3.05) is 39.5 Å². The Morgan fingerprint density at radius 1 is 0.628 bits per heavy atom. The van der Waals surface area contributed by atoms with E-state index in [0.29, 0.717) is 58.4 Å². The van der Waals surface area contributed by atoms with E-state index in [4.69, 9.17) is 20.3 Å². The molecule has 0 aromatic rings. The zero-order valence-corrected chi connectivity index (χ0v) is 26.4. The van der Waals surface area contributed by atoms with Crippen molar-refractivity contribution in [1.29, 1.82) is 0 Å². The van der Waals surface area contributed by atoms with Crippen LogP contribution in [0.3, 0.4) is 0 Å². The number of primary amides is 1. The van der Waals surface area contributed by atoms with E-state index in [1.54, 1.807) is 0 Å². The zero-order valence-electron chi connectivity index (χ0n) is 26.4. The molecule has 4 amide bonds. The Hall–Kier alpha value is -2.73. The molecule has 0 aliphatic carbocycles. The topological polar surface area (TPSA) is 186 Å². The van der Waals surface area contributed by atoms with Gasteiger partial charge in [0.05, 0.1) is 19.8 Å². The first-order chi connectivity index (χ1) is 20.7. The fraction of sp³-hybridized carbons (Fsp3) is 0.839. The lowest BCUT2D eigenvalue weighted by atomic mass is 10.0. The summed E-state index contributed by atoms with van der Waals surface area (Å²) < 4.78 is 10.7. The van der Waals surface area contributed by atoms with Gasteiger partial charge in [0.2, 0.25) is 23.6 Å². The number of rotatable bonds is 31. The van der Waals surface area contributed by atoms with Crippen molar-refractivity contribution in [3.05, 3.63) is 0 Å². The Morgan fingerprint density at radius 3 is 1.67 bits per heavy atom. The van der Waals surface area contributed by atoms with Gasteiger partial charge in [-0.2, -0.15) is 0 Å².